The van der Waals surface area contributed by atoms with Crippen molar-refractivity contribution in [3.8, 4) is 5.75 Å². The van der Waals surface area contributed by atoms with Gasteiger partial charge in [0, 0.05) is 6.42 Å². The standard InChI is InChI=1S/C14H21NO3/c1-11-7-8-12(2)13(10-11)18-9-5-4-6-14(16)15-17-3/h7-8,10H,4-6,9H2,1-3H3,(H,15,16). The van der Waals surface area contributed by atoms with Crippen LogP contribution in [0.3, 0.4) is 0 Å². The maximum atomic E-state index is 11.1. The molecule has 0 aliphatic heterocycles. The molecule has 4 heteroatoms. The second kappa shape index (κ2) is 7.71. The summed E-state index contributed by atoms with van der Waals surface area (Å²) in [7, 11) is 1.43. The Morgan fingerprint density at radius 2 is 2.06 bits per heavy atom. The highest BCUT2D eigenvalue weighted by Crippen LogP contribution is 2.19. The van der Waals surface area contributed by atoms with Crippen LogP contribution in [0.25, 0.3) is 0 Å². The minimum Gasteiger partial charge on any atom is -0.493 e. The number of carbonyl (C=O) groups is 1. The maximum Gasteiger partial charge on any atom is 0.243 e. The zero-order valence-corrected chi connectivity index (χ0v) is 11.3. The summed E-state index contributed by atoms with van der Waals surface area (Å²) in [5.41, 5.74) is 4.62. The van der Waals surface area contributed by atoms with Crippen LogP contribution in [0.5, 0.6) is 5.75 Å². The Morgan fingerprint density at radius 3 is 2.78 bits per heavy atom. The fourth-order valence-electron chi connectivity index (χ4n) is 1.60. The van der Waals surface area contributed by atoms with Gasteiger partial charge in [-0.3, -0.25) is 9.63 Å². The van der Waals surface area contributed by atoms with Crippen LogP contribution < -0.4 is 10.2 Å². The lowest BCUT2D eigenvalue weighted by Crippen LogP contribution is -2.21. The highest BCUT2D eigenvalue weighted by Gasteiger charge is 2.02. The summed E-state index contributed by atoms with van der Waals surface area (Å²) in [6.07, 6.45) is 2.11. The molecule has 1 amide bonds. The number of hydroxylamine groups is 1. The number of amides is 1. The van der Waals surface area contributed by atoms with Gasteiger partial charge in [-0.25, -0.2) is 5.48 Å². The first-order valence-electron chi connectivity index (χ1n) is 6.15. The van der Waals surface area contributed by atoms with Crippen LogP contribution in [0.1, 0.15) is 30.4 Å². The topological polar surface area (TPSA) is 47.6 Å². The number of unbranched alkanes of at least 4 members (excludes halogenated alkanes) is 1. The summed E-state index contributed by atoms with van der Waals surface area (Å²) in [4.78, 5) is 15.6. The van der Waals surface area contributed by atoms with E-state index in [1.165, 1.54) is 12.7 Å². The molecule has 0 radical (unpaired) electrons. The highest BCUT2D eigenvalue weighted by atomic mass is 16.6. The number of hydrogen-bond donors (Lipinski definition) is 1. The number of aryl methyl sites for hydroxylation is 2. The minimum atomic E-state index is -0.0933. The van der Waals surface area contributed by atoms with Crippen LogP contribution in [-0.4, -0.2) is 19.6 Å². The molecule has 1 aromatic carbocycles. The van der Waals surface area contributed by atoms with E-state index in [0.717, 1.165) is 24.2 Å². The monoisotopic (exact) mass is 251 g/mol. The molecule has 4 nitrogen and oxygen atoms in total. The quantitative estimate of drug-likeness (QED) is 0.598. The first-order valence-corrected chi connectivity index (χ1v) is 6.15. The van der Waals surface area contributed by atoms with E-state index in [1.807, 2.05) is 19.9 Å². The van der Waals surface area contributed by atoms with Gasteiger partial charge in [-0.1, -0.05) is 12.1 Å². The summed E-state index contributed by atoms with van der Waals surface area (Å²) < 4.78 is 5.70. The zero-order valence-electron chi connectivity index (χ0n) is 11.3. The van der Waals surface area contributed by atoms with E-state index in [9.17, 15) is 4.79 Å². The van der Waals surface area contributed by atoms with Crippen LogP contribution in [-0.2, 0) is 9.63 Å². The van der Waals surface area contributed by atoms with Crippen LogP contribution in [0.15, 0.2) is 18.2 Å². The smallest absolute Gasteiger partial charge is 0.243 e. The second-order valence-corrected chi connectivity index (χ2v) is 4.30. The number of hydrogen-bond acceptors (Lipinski definition) is 3. The van der Waals surface area contributed by atoms with E-state index in [4.69, 9.17) is 4.74 Å². The third-order valence-electron chi connectivity index (χ3n) is 2.62. The van der Waals surface area contributed by atoms with Crippen molar-refractivity contribution in [3.63, 3.8) is 0 Å². The zero-order chi connectivity index (χ0) is 13.4. The molecule has 0 heterocycles. The van der Waals surface area contributed by atoms with E-state index in [2.05, 4.69) is 22.5 Å². The molecular weight excluding hydrogens is 230 g/mol. The van der Waals surface area contributed by atoms with Gasteiger partial charge in [-0.15, -0.1) is 0 Å². The largest absolute Gasteiger partial charge is 0.493 e. The third kappa shape index (κ3) is 5.19. The minimum absolute atomic E-state index is 0.0933. The van der Waals surface area contributed by atoms with Crippen molar-refractivity contribution in [2.45, 2.75) is 33.1 Å². The molecule has 18 heavy (non-hydrogen) atoms. The van der Waals surface area contributed by atoms with Gasteiger partial charge in [0.1, 0.15) is 5.75 Å². The lowest BCUT2D eigenvalue weighted by molar-refractivity contribution is -0.131. The molecule has 0 unspecified atom stereocenters. The molecule has 1 N–H and O–H groups in total. The fourth-order valence-corrected chi connectivity index (χ4v) is 1.60. The van der Waals surface area contributed by atoms with Gasteiger partial charge in [0.25, 0.3) is 0 Å². The molecule has 0 spiro atoms. The van der Waals surface area contributed by atoms with E-state index in [1.54, 1.807) is 0 Å². The van der Waals surface area contributed by atoms with Gasteiger partial charge in [0.15, 0.2) is 0 Å². The number of ether oxygens (including phenoxy) is 1. The average molecular weight is 251 g/mol. The predicted octanol–water partition coefficient (Wildman–Crippen LogP) is 2.53. The molecule has 0 aliphatic rings. The van der Waals surface area contributed by atoms with Crippen LogP contribution >= 0.6 is 0 Å². The Labute approximate surface area is 108 Å². The molecule has 100 valence electrons. The summed E-state index contributed by atoms with van der Waals surface area (Å²) in [5, 5.41) is 0. The van der Waals surface area contributed by atoms with Gasteiger partial charge >= 0.3 is 0 Å². The fraction of sp³-hybridized carbons (Fsp3) is 0.500. The number of carbonyl (C=O) groups excluding carboxylic acids is 1. The third-order valence-corrected chi connectivity index (χ3v) is 2.62. The lowest BCUT2D eigenvalue weighted by atomic mass is 10.1. The van der Waals surface area contributed by atoms with Gasteiger partial charge in [-0.05, 0) is 43.9 Å². The molecule has 0 aromatic heterocycles. The molecule has 1 aromatic rings. The number of rotatable bonds is 7. The predicted molar refractivity (Wildman–Crippen MR) is 70.4 cm³/mol. The second-order valence-electron chi connectivity index (χ2n) is 4.30. The normalized spacial score (nSPS) is 10.2. The van der Waals surface area contributed by atoms with Crippen LogP contribution in [0.2, 0.25) is 0 Å². The van der Waals surface area contributed by atoms with E-state index < -0.39 is 0 Å². The van der Waals surface area contributed by atoms with E-state index >= 15 is 0 Å². The molecule has 0 aliphatic carbocycles. The van der Waals surface area contributed by atoms with Crippen LogP contribution in [0.4, 0.5) is 0 Å². The first-order chi connectivity index (χ1) is 8.63. The Kier molecular flexibility index (Phi) is 6.22. The lowest BCUT2D eigenvalue weighted by Gasteiger charge is -2.09. The van der Waals surface area contributed by atoms with E-state index in [-0.39, 0.29) is 5.91 Å². The Bertz CT molecular complexity index is 391. The van der Waals surface area contributed by atoms with Gasteiger partial charge in [-0.2, -0.15) is 0 Å². The van der Waals surface area contributed by atoms with Gasteiger partial charge in [0.05, 0.1) is 13.7 Å². The number of benzene rings is 1. The summed E-state index contributed by atoms with van der Waals surface area (Å²) in [6.45, 7) is 4.70. The van der Waals surface area contributed by atoms with Gasteiger partial charge in [0.2, 0.25) is 5.91 Å². The highest BCUT2D eigenvalue weighted by molar-refractivity contribution is 5.74. The van der Waals surface area contributed by atoms with E-state index in [0.29, 0.717) is 13.0 Å². The van der Waals surface area contributed by atoms with Crippen molar-refractivity contribution in [1.29, 1.82) is 0 Å². The molecule has 0 saturated heterocycles. The molecule has 0 bridgehead atoms. The molecule has 1 rings (SSSR count). The van der Waals surface area contributed by atoms with Crippen molar-refractivity contribution < 1.29 is 14.4 Å². The summed E-state index contributed by atoms with van der Waals surface area (Å²) >= 11 is 0. The molecular formula is C14H21NO3. The van der Waals surface area contributed by atoms with Crippen molar-refractivity contribution in [3.05, 3.63) is 29.3 Å². The van der Waals surface area contributed by atoms with Crippen molar-refractivity contribution >= 4 is 5.91 Å². The Morgan fingerprint density at radius 1 is 1.28 bits per heavy atom. The Balaban J connectivity index is 2.21. The Hall–Kier alpha value is -1.55. The molecule has 0 atom stereocenters. The summed E-state index contributed by atoms with van der Waals surface area (Å²) in [6, 6.07) is 6.15. The van der Waals surface area contributed by atoms with Crippen molar-refractivity contribution in [2.24, 2.45) is 0 Å². The molecule has 0 saturated carbocycles. The maximum absolute atomic E-state index is 11.1. The van der Waals surface area contributed by atoms with Crippen LogP contribution in [0, 0.1) is 13.8 Å². The van der Waals surface area contributed by atoms with Crippen molar-refractivity contribution in [1.82, 2.24) is 5.48 Å². The first kappa shape index (κ1) is 14.5. The van der Waals surface area contributed by atoms with Crippen molar-refractivity contribution in [2.75, 3.05) is 13.7 Å². The molecule has 0 fully saturated rings. The average Bonchev–Trinajstić information content (AvgIpc) is 2.33. The van der Waals surface area contributed by atoms with Gasteiger partial charge < -0.3 is 4.74 Å². The number of nitrogens with one attached hydrogen (secondary N) is 1. The summed E-state index contributed by atoms with van der Waals surface area (Å²) in [5.74, 6) is 0.834. The SMILES string of the molecule is CONC(=O)CCCCOc1cc(C)ccc1C.